The lowest BCUT2D eigenvalue weighted by molar-refractivity contribution is 0.0973. The Morgan fingerprint density at radius 3 is 2.38 bits per heavy atom. The van der Waals surface area contributed by atoms with E-state index in [1.165, 1.54) is 6.92 Å². The number of ketones is 1. The van der Waals surface area contributed by atoms with Crippen LogP contribution in [-0.2, 0) is 6.42 Å². The molecule has 1 aliphatic heterocycles. The van der Waals surface area contributed by atoms with E-state index in [9.17, 15) is 9.59 Å². The second kappa shape index (κ2) is 6.30. The average molecular weight is 341 g/mol. The summed E-state index contributed by atoms with van der Waals surface area (Å²) in [6.07, 6.45) is 0.577. The monoisotopic (exact) mass is 341 g/mol. The van der Waals surface area contributed by atoms with Crippen molar-refractivity contribution in [2.24, 2.45) is 0 Å². The molecule has 0 atom stereocenters. The minimum Gasteiger partial charge on any atom is -0.307 e. The third-order valence-corrected chi connectivity index (χ3v) is 4.56. The number of anilines is 1. The average Bonchev–Trinajstić information content (AvgIpc) is 3.05. The third kappa shape index (κ3) is 2.64. The van der Waals surface area contributed by atoms with E-state index in [4.69, 9.17) is 7.85 Å². The largest absolute Gasteiger partial charge is 0.307 e. The van der Waals surface area contributed by atoms with Gasteiger partial charge in [-0.1, -0.05) is 35.8 Å². The van der Waals surface area contributed by atoms with E-state index < -0.39 is 0 Å². The zero-order valence-electron chi connectivity index (χ0n) is 14.3. The maximum Gasteiger partial charge on any atom is 0.277 e. The predicted octanol–water partition coefficient (Wildman–Crippen LogP) is 2.07. The number of aromatic nitrogens is 2. The highest BCUT2D eigenvalue weighted by Gasteiger charge is 2.34. The lowest BCUT2D eigenvalue weighted by atomic mass is 9.95. The number of amides is 1. The van der Waals surface area contributed by atoms with Crippen LogP contribution in [0.3, 0.4) is 0 Å². The number of para-hydroxylation sites is 1. The number of Topliss-reactive ketones (excluding diaryl/α,β-unsaturated/α-hetero) is 1. The Labute approximate surface area is 152 Å². The minimum atomic E-state index is -0.167. The van der Waals surface area contributed by atoms with Crippen molar-refractivity contribution in [3.05, 3.63) is 71.5 Å². The van der Waals surface area contributed by atoms with Gasteiger partial charge in [-0.05, 0) is 30.7 Å². The molecule has 3 aromatic rings. The second-order valence-corrected chi connectivity index (χ2v) is 6.28. The van der Waals surface area contributed by atoms with Crippen LogP contribution < -0.4 is 10.4 Å². The van der Waals surface area contributed by atoms with Gasteiger partial charge in [-0.3, -0.25) is 9.59 Å². The van der Waals surface area contributed by atoms with Crippen LogP contribution in [0, 0.1) is 0 Å². The van der Waals surface area contributed by atoms with Gasteiger partial charge in [0.05, 0.1) is 5.69 Å². The summed E-state index contributed by atoms with van der Waals surface area (Å²) in [5.41, 5.74) is 3.72. The number of hydrogen-bond acceptors (Lipinski definition) is 3. The highest BCUT2D eigenvalue weighted by Crippen LogP contribution is 2.28. The van der Waals surface area contributed by atoms with Crippen LogP contribution in [0.5, 0.6) is 0 Å². The number of rotatable bonds is 3. The van der Waals surface area contributed by atoms with Crippen LogP contribution in [0.1, 0.15) is 33.5 Å². The van der Waals surface area contributed by atoms with Gasteiger partial charge in [0.2, 0.25) is 0 Å². The molecule has 0 unspecified atom stereocenters. The summed E-state index contributed by atoms with van der Waals surface area (Å²) in [5.74, 6) is -0.301. The molecule has 5 nitrogen and oxygen atoms in total. The van der Waals surface area contributed by atoms with Gasteiger partial charge in [0.25, 0.3) is 5.91 Å². The van der Waals surface area contributed by atoms with Crippen LogP contribution in [0.25, 0.3) is 5.69 Å². The first-order chi connectivity index (χ1) is 12.6. The van der Waals surface area contributed by atoms with Crippen molar-refractivity contribution in [3.63, 3.8) is 0 Å². The van der Waals surface area contributed by atoms with E-state index in [1.807, 2.05) is 42.5 Å². The molecule has 26 heavy (non-hydrogen) atoms. The van der Waals surface area contributed by atoms with E-state index in [2.05, 4.69) is 5.10 Å². The van der Waals surface area contributed by atoms with Crippen molar-refractivity contribution >= 4 is 30.7 Å². The number of carbonyl (C=O) groups excluding carboxylic acids is 2. The number of hydrogen-bond donors (Lipinski definition) is 0. The van der Waals surface area contributed by atoms with Crippen molar-refractivity contribution in [3.8, 4) is 5.69 Å². The maximum absolute atomic E-state index is 13.3. The highest BCUT2D eigenvalue weighted by molar-refractivity contribution is 6.32. The smallest absolute Gasteiger partial charge is 0.277 e. The molecule has 1 amide bonds. The molecule has 2 aromatic carbocycles. The minimum absolute atomic E-state index is 0.135. The molecule has 1 aliphatic rings. The Morgan fingerprint density at radius 1 is 1.04 bits per heavy atom. The Bertz CT molecular complexity index is 994. The number of carbonyl (C=O) groups is 2. The summed E-state index contributed by atoms with van der Waals surface area (Å²) in [7, 11) is 5.75. The van der Waals surface area contributed by atoms with Gasteiger partial charge in [0, 0.05) is 24.7 Å². The molecule has 0 N–H and O–H groups in total. The van der Waals surface area contributed by atoms with Gasteiger partial charge >= 0.3 is 0 Å². The normalized spacial score (nSPS) is 13.6. The zero-order valence-corrected chi connectivity index (χ0v) is 14.3. The van der Waals surface area contributed by atoms with Gasteiger partial charge in [0.1, 0.15) is 19.2 Å². The molecule has 2 radical (unpaired) electrons. The van der Waals surface area contributed by atoms with Crippen LogP contribution in [0.15, 0.2) is 54.6 Å². The molecule has 2 heterocycles. The lowest BCUT2D eigenvalue weighted by Gasteiger charge is -2.28. The van der Waals surface area contributed by atoms with Crippen LogP contribution in [0.2, 0.25) is 0 Å². The fourth-order valence-corrected chi connectivity index (χ4v) is 3.30. The quantitative estimate of drug-likeness (QED) is 0.541. The van der Waals surface area contributed by atoms with Gasteiger partial charge in [-0.2, -0.15) is 5.10 Å². The lowest BCUT2D eigenvalue weighted by Crippen LogP contribution is -2.39. The van der Waals surface area contributed by atoms with E-state index in [1.54, 1.807) is 21.7 Å². The second-order valence-electron chi connectivity index (χ2n) is 6.28. The Hall–Kier alpha value is -3.15. The third-order valence-electron chi connectivity index (χ3n) is 4.56. The maximum atomic E-state index is 13.3. The van der Waals surface area contributed by atoms with Gasteiger partial charge in [0.15, 0.2) is 5.78 Å². The van der Waals surface area contributed by atoms with E-state index >= 15 is 0 Å². The summed E-state index contributed by atoms with van der Waals surface area (Å²) in [6.45, 7) is 1.98. The molecule has 0 saturated carbocycles. The van der Waals surface area contributed by atoms with Crippen molar-refractivity contribution in [2.75, 3.05) is 11.4 Å². The molecular formula is C20H16BN3O2. The standard InChI is InChI=1S/C20H16BN3O2/c1-13(25)18-17-11-12-23(15-9-7-14(21)8-10-15)20(26)19(17)24(22-18)16-5-3-2-4-6-16/h2-10H,11-12H2,1H3. The van der Waals surface area contributed by atoms with Gasteiger partial charge < -0.3 is 4.90 Å². The molecule has 0 bridgehead atoms. The SMILES string of the molecule is [B]c1ccc(N2CCc3c(C(C)=O)nn(-c4ccccc4)c3C2=O)cc1. The molecule has 0 spiro atoms. The summed E-state index contributed by atoms with van der Waals surface area (Å²) in [4.78, 5) is 27.0. The van der Waals surface area contributed by atoms with Crippen LogP contribution in [-0.4, -0.2) is 35.9 Å². The summed E-state index contributed by atoms with van der Waals surface area (Å²) in [6, 6.07) is 16.6. The molecule has 126 valence electrons. The van der Waals surface area contributed by atoms with Crippen molar-refractivity contribution in [2.45, 2.75) is 13.3 Å². The summed E-state index contributed by atoms with van der Waals surface area (Å²) in [5, 5.41) is 4.45. The number of nitrogens with zero attached hydrogens (tertiary/aromatic N) is 3. The van der Waals surface area contributed by atoms with Crippen molar-refractivity contribution < 1.29 is 9.59 Å². The Balaban J connectivity index is 1.85. The summed E-state index contributed by atoms with van der Waals surface area (Å²) >= 11 is 0. The van der Waals surface area contributed by atoms with E-state index in [0.29, 0.717) is 29.8 Å². The predicted molar refractivity (Wildman–Crippen MR) is 101 cm³/mol. The fourth-order valence-electron chi connectivity index (χ4n) is 3.30. The Kier molecular flexibility index (Phi) is 3.95. The first kappa shape index (κ1) is 16.3. The first-order valence-corrected chi connectivity index (χ1v) is 8.42. The van der Waals surface area contributed by atoms with Crippen molar-refractivity contribution in [1.82, 2.24) is 9.78 Å². The molecule has 0 aliphatic carbocycles. The molecule has 6 heteroatoms. The molecule has 0 saturated heterocycles. The van der Waals surface area contributed by atoms with Crippen LogP contribution >= 0.6 is 0 Å². The molecule has 1 aromatic heterocycles. The van der Waals surface area contributed by atoms with Crippen LogP contribution in [0.4, 0.5) is 5.69 Å². The molecule has 0 fully saturated rings. The molecular weight excluding hydrogens is 325 g/mol. The van der Waals surface area contributed by atoms with E-state index in [0.717, 1.165) is 16.9 Å². The highest BCUT2D eigenvalue weighted by atomic mass is 16.2. The number of benzene rings is 2. The van der Waals surface area contributed by atoms with Gasteiger partial charge in [-0.15, -0.1) is 0 Å². The first-order valence-electron chi connectivity index (χ1n) is 8.42. The van der Waals surface area contributed by atoms with Gasteiger partial charge in [-0.25, -0.2) is 4.68 Å². The van der Waals surface area contributed by atoms with E-state index in [-0.39, 0.29) is 11.7 Å². The zero-order chi connectivity index (χ0) is 18.3. The summed E-state index contributed by atoms with van der Waals surface area (Å²) < 4.78 is 1.58. The topological polar surface area (TPSA) is 55.2 Å². The Morgan fingerprint density at radius 2 is 1.73 bits per heavy atom. The fraction of sp³-hybridized carbons (Fsp3) is 0.150. The molecule has 4 rings (SSSR count). The van der Waals surface area contributed by atoms with Crippen molar-refractivity contribution in [1.29, 1.82) is 0 Å². The number of fused-ring (bicyclic) bond motifs is 1.